The van der Waals surface area contributed by atoms with E-state index in [-0.39, 0.29) is 22.5 Å². The lowest BCUT2D eigenvalue weighted by molar-refractivity contribution is -0.388. The molecule has 32 heavy (non-hydrogen) atoms. The van der Waals surface area contributed by atoms with Crippen LogP contribution in [-0.4, -0.2) is 32.7 Å². The topological polar surface area (TPSA) is 112 Å². The number of amides is 1. The van der Waals surface area contributed by atoms with Gasteiger partial charge in [0.1, 0.15) is 5.75 Å². The first-order chi connectivity index (χ1) is 15.1. The van der Waals surface area contributed by atoms with Gasteiger partial charge in [-0.15, -0.1) is 10.2 Å². The third-order valence-corrected chi connectivity index (χ3v) is 5.22. The summed E-state index contributed by atoms with van der Waals surface area (Å²) in [6.07, 6.45) is -4.73. The van der Waals surface area contributed by atoms with Gasteiger partial charge in [-0.25, -0.2) is 0 Å². The van der Waals surface area contributed by atoms with Crippen LogP contribution in [-0.2, 0) is 17.5 Å². The first-order valence-corrected chi connectivity index (χ1v) is 9.79. The molecule has 0 saturated carbocycles. The molecule has 0 bridgehead atoms. The number of aromatic nitrogens is 3. The summed E-state index contributed by atoms with van der Waals surface area (Å²) in [5.74, 6) is 0.411. The predicted molar refractivity (Wildman–Crippen MR) is 108 cm³/mol. The van der Waals surface area contributed by atoms with Crippen LogP contribution in [0.4, 0.5) is 18.9 Å². The lowest BCUT2D eigenvalue weighted by Gasteiger charge is -2.14. The summed E-state index contributed by atoms with van der Waals surface area (Å²) in [5, 5.41) is 22.3. The summed E-state index contributed by atoms with van der Waals surface area (Å²) in [7, 11) is 1.45. The smallest absolute Gasteiger partial charge is 0.416 e. The number of methoxy groups -OCH3 is 1. The van der Waals surface area contributed by atoms with Crippen LogP contribution in [0.25, 0.3) is 5.69 Å². The summed E-state index contributed by atoms with van der Waals surface area (Å²) in [4.78, 5) is 21.8. The highest BCUT2D eigenvalue weighted by molar-refractivity contribution is 7.99. The van der Waals surface area contributed by atoms with Gasteiger partial charge in [0.05, 0.1) is 34.7 Å². The highest BCUT2D eigenvalue weighted by Gasteiger charge is 2.33. The minimum Gasteiger partial charge on any atom is -0.495 e. The number of hydrogen-bond donors (Lipinski definition) is 1. The van der Waals surface area contributed by atoms with E-state index in [1.165, 1.54) is 18.6 Å². The third kappa shape index (κ3) is 4.99. The van der Waals surface area contributed by atoms with E-state index in [1.54, 1.807) is 24.3 Å². The van der Waals surface area contributed by atoms with Crippen LogP contribution in [0.1, 0.15) is 18.3 Å². The molecule has 9 nitrogen and oxygen atoms in total. The van der Waals surface area contributed by atoms with Crippen LogP contribution >= 0.6 is 11.8 Å². The number of nitrogens with one attached hydrogen (secondary N) is 1. The molecule has 3 aromatic rings. The van der Waals surface area contributed by atoms with E-state index in [9.17, 15) is 28.1 Å². The van der Waals surface area contributed by atoms with E-state index in [2.05, 4.69) is 15.5 Å². The van der Waals surface area contributed by atoms with Gasteiger partial charge in [0.2, 0.25) is 11.1 Å². The second-order valence-corrected chi connectivity index (χ2v) is 7.36. The fraction of sp³-hybridized carbons (Fsp3) is 0.211. The van der Waals surface area contributed by atoms with Crippen molar-refractivity contribution in [2.75, 3.05) is 7.11 Å². The third-order valence-electron chi connectivity index (χ3n) is 4.21. The van der Waals surface area contributed by atoms with Crippen molar-refractivity contribution in [2.24, 2.45) is 0 Å². The average Bonchev–Trinajstić information content (AvgIpc) is 3.13. The molecule has 0 atom stereocenters. The number of para-hydroxylation sites is 2. The summed E-state index contributed by atoms with van der Waals surface area (Å²) >= 11 is 0.770. The van der Waals surface area contributed by atoms with Crippen LogP contribution in [0.5, 0.6) is 5.75 Å². The zero-order valence-electron chi connectivity index (χ0n) is 16.7. The molecule has 0 aliphatic rings. The molecule has 0 aliphatic carbocycles. The number of alkyl halides is 3. The quantitative estimate of drug-likeness (QED) is 0.413. The zero-order chi connectivity index (χ0) is 23.5. The van der Waals surface area contributed by atoms with Gasteiger partial charge in [-0.1, -0.05) is 12.1 Å². The number of nitrogens with zero attached hydrogens (tertiary/aromatic N) is 4. The molecule has 3 rings (SSSR count). The largest absolute Gasteiger partial charge is 0.495 e. The van der Waals surface area contributed by atoms with Crippen LogP contribution < -0.4 is 10.1 Å². The molecule has 0 saturated heterocycles. The normalized spacial score (nSPS) is 11.3. The number of carbonyl (C=O) groups is 1. The number of hydrogen-bond acceptors (Lipinski definition) is 7. The Kier molecular flexibility index (Phi) is 6.67. The molecule has 0 unspecified atom stereocenters. The fourth-order valence-corrected chi connectivity index (χ4v) is 3.71. The molecule has 13 heteroatoms. The average molecular weight is 467 g/mol. The van der Waals surface area contributed by atoms with Crippen molar-refractivity contribution in [1.29, 1.82) is 0 Å². The molecule has 1 aromatic heterocycles. The van der Waals surface area contributed by atoms with Gasteiger partial charge in [-0.2, -0.15) is 13.2 Å². The Bertz CT molecular complexity index is 1170. The number of nitro groups is 1. The standard InChI is InChI=1S/C19H16F3N5O4S/c1-11(28)23-10-17-24-25-18(26(17)13-5-3-4-6-15(13)31-2)32-16-8-7-12(19(20,21)22)9-14(16)27(29)30/h3-9H,10H2,1-2H3,(H,23,28). The highest BCUT2D eigenvalue weighted by Crippen LogP contribution is 2.40. The van der Waals surface area contributed by atoms with Crippen molar-refractivity contribution in [3.05, 3.63) is 64.0 Å². The summed E-state index contributed by atoms with van der Waals surface area (Å²) in [6.45, 7) is 1.32. The van der Waals surface area contributed by atoms with Crippen LogP contribution in [0.15, 0.2) is 52.5 Å². The Hall–Kier alpha value is -3.61. The highest BCUT2D eigenvalue weighted by atomic mass is 32.2. The van der Waals surface area contributed by atoms with Gasteiger partial charge < -0.3 is 10.1 Å². The Morgan fingerprint density at radius 1 is 1.25 bits per heavy atom. The molecule has 1 amide bonds. The van der Waals surface area contributed by atoms with Crippen molar-refractivity contribution in [3.8, 4) is 11.4 Å². The van der Waals surface area contributed by atoms with Crippen molar-refractivity contribution in [3.63, 3.8) is 0 Å². The number of carbonyl (C=O) groups excluding carboxylic acids is 1. The van der Waals surface area contributed by atoms with E-state index in [4.69, 9.17) is 4.74 Å². The second kappa shape index (κ2) is 9.26. The van der Waals surface area contributed by atoms with Crippen LogP contribution in [0, 0.1) is 10.1 Å². The Morgan fingerprint density at radius 2 is 1.97 bits per heavy atom. The van der Waals surface area contributed by atoms with Gasteiger partial charge in [0.25, 0.3) is 5.69 Å². The maximum absolute atomic E-state index is 13.0. The SMILES string of the molecule is COc1ccccc1-n1c(CNC(C)=O)nnc1Sc1ccc(C(F)(F)F)cc1[N+](=O)[O-]. The Balaban J connectivity index is 2.11. The van der Waals surface area contributed by atoms with Gasteiger partial charge in [-0.3, -0.25) is 19.5 Å². The van der Waals surface area contributed by atoms with Crippen LogP contribution in [0.2, 0.25) is 0 Å². The summed E-state index contributed by atoms with van der Waals surface area (Å²) in [6, 6.07) is 9.06. The predicted octanol–water partition coefficient (Wildman–Crippen LogP) is 3.99. The van der Waals surface area contributed by atoms with Crippen molar-refractivity contribution in [1.82, 2.24) is 20.1 Å². The van der Waals surface area contributed by atoms with Crippen molar-refractivity contribution < 1.29 is 27.6 Å². The molecule has 0 spiro atoms. The fourth-order valence-electron chi connectivity index (χ4n) is 2.76. The lowest BCUT2D eigenvalue weighted by atomic mass is 10.2. The summed E-state index contributed by atoms with van der Waals surface area (Å²) in [5.41, 5.74) is -1.37. The molecular weight excluding hydrogens is 451 g/mol. The molecule has 2 aromatic carbocycles. The van der Waals surface area contributed by atoms with Gasteiger partial charge in [0, 0.05) is 13.0 Å². The van der Waals surface area contributed by atoms with E-state index in [0.717, 1.165) is 23.9 Å². The molecule has 168 valence electrons. The summed E-state index contributed by atoms with van der Waals surface area (Å²) < 4.78 is 45.9. The Labute approximate surface area is 183 Å². The maximum atomic E-state index is 13.0. The molecule has 1 heterocycles. The van der Waals surface area contributed by atoms with Crippen LogP contribution in [0.3, 0.4) is 0 Å². The first kappa shape index (κ1) is 23.1. The molecule has 0 fully saturated rings. The van der Waals surface area contributed by atoms with E-state index in [1.807, 2.05) is 0 Å². The number of halogens is 3. The molecule has 0 aliphatic heterocycles. The number of benzene rings is 2. The van der Waals surface area contributed by atoms with Gasteiger partial charge in [0.15, 0.2) is 5.82 Å². The van der Waals surface area contributed by atoms with Gasteiger partial charge >= 0.3 is 6.18 Å². The molecule has 1 N–H and O–H groups in total. The maximum Gasteiger partial charge on any atom is 0.416 e. The zero-order valence-corrected chi connectivity index (χ0v) is 17.5. The second-order valence-electron chi connectivity index (χ2n) is 6.36. The minimum absolute atomic E-state index is 0.00392. The van der Waals surface area contributed by atoms with E-state index in [0.29, 0.717) is 23.3 Å². The lowest BCUT2D eigenvalue weighted by Crippen LogP contribution is -2.21. The van der Waals surface area contributed by atoms with E-state index < -0.39 is 22.4 Å². The first-order valence-electron chi connectivity index (χ1n) is 8.97. The van der Waals surface area contributed by atoms with Crippen molar-refractivity contribution >= 4 is 23.4 Å². The molecule has 0 radical (unpaired) electrons. The molecular formula is C19H16F3N5O4S. The number of nitro benzene ring substituents is 1. The number of ether oxygens (including phenoxy) is 1. The Morgan fingerprint density at radius 3 is 2.59 bits per heavy atom. The van der Waals surface area contributed by atoms with E-state index >= 15 is 0 Å². The van der Waals surface area contributed by atoms with Crippen molar-refractivity contribution in [2.45, 2.75) is 29.7 Å². The number of rotatable bonds is 7. The minimum atomic E-state index is -4.73. The van der Waals surface area contributed by atoms with Gasteiger partial charge in [-0.05, 0) is 36.0 Å². The monoisotopic (exact) mass is 467 g/mol.